The van der Waals surface area contributed by atoms with Gasteiger partial charge in [-0.05, 0) is 29.3 Å². The van der Waals surface area contributed by atoms with E-state index >= 15 is 0 Å². The molecule has 5 heteroatoms. The summed E-state index contributed by atoms with van der Waals surface area (Å²) in [5.74, 6) is 0.225. The Morgan fingerprint density at radius 1 is 1.13 bits per heavy atom. The molecule has 5 nitrogen and oxygen atoms in total. The van der Waals surface area contributed by atoms with E-state index in [1.165, 1.54) is 5.56 Å². The van der Waals surface area contributed by atoms with Gasteiger partial charge in [0.25, 0.3) is 5.91 Å². The van der Waals surface area contributed by atoms with Crippen molar-refractivity contribution in [2.45, 2.75) is 18.4 Å². The Bertz CT molecular complexity index is 754. The number of likely N-dealkylation sites (tertiary alicyclic amines) is 1. The first-order valence-corrected chi connectivity index (χ1v) is 7.80. The van der Waals surface area contributed by atoms with Crippen LogP contribution in [0.3, 0.4) is 0 Å². The van der Waals surface area contributed by atoms with Crippen molar-refractivity contribution in [1.82, 2.24) is 15.2 Å². The zero-order valence-electron chi connectivity index (χ0n) is 12.6. The summed E-state index contributed by atoms with van der Waals surface area (Å²) in [4.78, 5) is 30.6. The van der Waals surface area contributed by atoms with Crippen molar-refractivity contribution in [1.29, 1.82) is 0 Å². The lowest BCUT2D eigenvalue weighted by Crippen LogP contribution is -2.58. The highest BCUT2D eigenvalue weighted by molar-refractivity contribution is 6.00. The number of nitrogens with zero attached hydrogens (tertiary/aromatic N) is 2. The second-order valence-electron chi connectivity index (χ2n) is 6.11. The third kappa shape index (κ3) is 2.48. The van der Waals surface area contributed by atoms with Gasteiger partial charge >= 0.3 is 0 Å². The molecule has 2 amide bonds. The molecule has 0 saturated carbocycles. The van der Waals surface area contributed by atoms with Crippen molar-refractivity contribution in [3.63, 3.8) is 0 Å². The van der Waals surface area contributed by atoms with Crippen LogP contribution in [-0.2, 0) is 11.2 Å². The Balaban J connectivity index is 1.43. The Hall–Kier alpha value is -2.69. The average Bonchev–Trinajstić information content (AvgIpc) is 2.54. The number of pyridine rings is 1. The molecule has 2 aliphatic rings. The summed E-state index contributed by atoms with van der Waals surface area (Å²) in [5.41, 5.74) is 2.83. The van der Waals surface area contributed by atoms with Crippen LogP contribution in [0.5, 0.6) is 0 Å². The van der Waals surface area contributed by atoms with Crippen molar-refractivity contribution < 1.29 is 9.59 Å². The second-order valence-corrected chi connectivity index (χ2v) is 6.11. The molecule has 4 rings (SSSR count). The number of benzene rings is 1. The maximum atomic E-state index is 12.6. The third-order valence-electron chi connectivity index (χ3n) is 4.66. The topological polar surface area (TPSA) is 62.3 Å². The van der Waals surface area contributed by atoms with Gasteiger partial charge in [0.05, 0.1) is 0 Å². The summed E-state index contributed by atoms with van der Waals surface area (Å²) in [6.07, 6.45) is 4.12. The molecule has 2 aromatic rings. The van der Waals surface area contributed by atoms with Crippen LogP contribution < -0.4 is 5.32 Å². The molecule has 3 heterocycles. The van der Waals surface area contributed by atoms with E-state index in [0.717, 1.165) is 5.56 Å². The molecule has 1 fully saturated rings. The minimum atomic E-state index is -0.448. The normalized spacial score (nSPS) is 20.4. The molecular formula is C18H17N3O2. The number of amides is 2. The number of carbonyl (C=O) groups excluding carboxylic acids is 2. The predicted molar refractivity (Wildman–Crippen MR) is 85.0 cm³/mol. The smallest absolute Gasteiger partial charge is 0.252 e. The third-order valence-corrected chi connectivity index (χ3v) is 4.66. The highest BCUT2D eigenvalue weighted by Crippen LogP contribution is 2.28. The number of fused-ring (bicyclic) bond motifs is 1. The first-order chi connectivity index (χ1) is 11.2. The van der Waals surface area contributed by atoms with Gasteiger partial charge in [-0.1, -0.05) is 18.2 Å². The largest absolute Gasteiger partial charge is 0.340 e. The Kier molecular flexibility index (Phi) is 3.33. The maximum absolute atomic E-state index is 12.6. The van der Waals surface area contributed by atoms with Gasteiger partial charge in [-0.2, -0.15) is 0 Å². The molecule has 1 aromatic heterocycles. The monoisotopic (exact) mass is 307 g/mol. The van der Waals surface area contributed by atoms with Crippen LogP contribution in [0.4, 0.5) is 0 Å². The number of hydrogen-bond acceptors (Lipinski definition) is 3. The van der Waals surface area contributed by atoms with E-state index < -0.39 is 6.04 Å². The molecule has 1 aromatic carbocycles. The predicted octanol–water partition coefficient (Wildman–Crippen LogP) is 1.36. The lowest BCUT2D eigenvalue weighted by Gasteiger charge is -2.42. The average molecular weight is 307 g/mol. The van der Waals surface area contributed by atoms with Crippen LogP contribution in [0.2, 0.25) is 0 Å². The van der Waals surface area contributed by atoms with Crippen LogP contribution >= 0.6 is 0 Å². The molecule has 116 valence electrons. The molecule has 0 spiro atoms. The number of aromatic nitrogens is 1. The summed E-state index contributed by atoms with van der Waals surface area (Å²) in [7, 11) is 0. The number of nitrogens with one attached hydrogen (secondary N) is 1. The number of hydrogen-bond donors (Lipinski definition) is 1. The van der Waals surface area contributed by atoms with Gasteiger partial charge < -0.3 is 10.2 Å². The molecule has 2 aliphatic heterocycles. The number of carbonyl (C=O) groups is 2. The summed E-state index contributed by atoms with van der Waals surface area (Å²) in [5, 5.41) is 2.84. The zero-order chi connectivity index (χ0) is 15.8. The lowest BCUT2D eigenvalue weighted by molar-refractivity contribution is -0.137. The van der Waals surface area contributed by atoms with Gasteiger partial charge in [0.15, 0.2) is 0 Å². The fraction of sp³-hybridized carbons (Fsp3) is 0.278. The van der Waals surface area contributed by atoms with Gasteiger partial charge in [0.1, 0.15) is 6.04 Å². The van der Waals surface area contributed by atoms with Gasteiger partial charge in [-0.15, -0.1) is 0 Å². The van der Waals surface area contributed by atoms with E-state index in [1.807, 2.05) is 35.2 Å². The first-order valence-electron chi connectivity index (χ1n) is 7.80. The van der Waals surface area contributed by atoms with E-state index in [2.05, 4.69) is 10.3 Å². The Morgan fingerprint density at radius 2 is 1.87 bits per heavy atom. The molecule has 1 N–H and O–H groups in total. The fourth-order valence-corrected chi connectivity index (χ4v) is 3.30. The quantitative estimate of drug-likeness (QED) is 0.911. The van der Waals surface area contributed by atoms with Crippen molar-refractivity contribution in [3.05, 3.63) is 65.5 Å². The summed E-state index contributed by atoms with van der Waals surface area (Å²) in [6, 6.07) is 11.0. The lowest BCUT2D eigenvalue weighted by atomic mass is 9.89. The molecule has 1 atom stereocenters. The first kappa shape index (κ1) is 13.9. The molecule has 0 bridgehead atoms. The van der Waals surface area contributed by atoms with E-state index in [9.17, 15) is 9.59 Å². The van der Waals surface area contributed by atoms with Crippen molar-refractivity contribution in [2.75, 3.05) is 13.1 Å². The molecular weight excluding hydrogens is 290 g/mol. The van der Waals surface area contributed by atoms with E-state index in [1.54, 1.807) is 18.5 Å². The van der Waals surface area contributed by atoms with Gasteiger partial charge in [-0.25, -0.2) is 0 Å². The molecule has 0 radical (unpaired) electrons. The van der Waals surface area contributed by atoms with Crippen LogP contribution in [0.15, 0.2) is 48.8 Å². The van der Waals surface area contributed by atoms with Crippen LogP contribution in [0, 0.1) is 0 Å². The van der Waals surface area contributed by atoms with E-state index in [4.69, 9.17) is 0 Å². The molecule has 23 heavy (non-hydrogen) atoms. The second kappa shape index (κ2) is 5.50. The van der Waals surface area contributed by atoms with E-state index in [0.29, 0.717) is 31.0 Å². The van der Waals surface area contributed by atoms with Gasteiger partial charge in [0.2, 0.25) is 5.91 Å². The molecule has 0 aliphatic carbocycles. The summed E-state index contributed by atoms with van der Waals surface area (Å²) >= 11 is 0. The fourth-order valence-electron chi connectivity index (χ4n) is 3.30. The molecule has 1 unspecified atom stereocenters. The van der Waals surface area contributed by atoms with Gasteiger partial charge in [-0.3, -0.25) is 14.6 Å². The van der Waals surface area contributed by atoms with Crippen LogP contribution in [0.25, 0.3) is 0 Å². The van der Waals surface area contributed by atoms with Crippen LogP contribution in [-0.4, -0.2) is 40.8 Å². The molecule has 1 saturated heterocycles. The minimum Gasteiger partial charge on any atom is -0.340 e. The zero-order valence-corrected chi connectivity index (χ0v) is 12.6. The SMILES string of the molecule is O=C1NC(C(=O)N2CC(c3ccncc3)C2)Cc2ccccc21. The highest BCUT2D eigenvalue weighted by atomic mass is 16.2. The highest BCUT2D eigenvalue weighted by Gasteiger charge is 2.37. The summed E-state index contributed by atoms with van der Waals surface area (Å²) in [6.45, 7) is 1.41. The van der Waals surface area contributed by atoms with Crippen molar-refractivity contribution in [3.8, 4) is 0 Å². The van der Waals surface area contributed by atoms with Gasteiger partial charge in [0, 0.05) is 43.4 Å². The van der Waals surface area contributed by atoms with Crippen LogP contribution in [0.1, 0.15) is 27.4 Å². The maximum Gasteiger partial charge on any atom is 0.252 e. The summed E-state index contributed by atoms with van der Waals surface area (Å²) < 4.78 is 0. The Labute approximate surface area is 134 Å². The van der Waals surface area contributed by atoms with Crippen molar-refractivity contribution in [2.24, 2.45) is 0 Å². The van der Waals surface area contributed by atoms with E-state index in [-0.39, 0.29) is 11.8 Å². The number of rotatable bonds is 2. The minimum absolute atomic E-state index is 0.0122. The Morgan fingerprint density at radius 3 is 2.65 bits per heavy atom. The standard InChI is InChI=1S/C18H17N3O2/c22-17-15-4-2-1-3-13(15)9-16(20-17)18(23)21-10-14(11-21)12-5-7-19-8-6-12/h1-8,14,16H,9-11H2,(H,20,22). The van der Waals surface area contributed by atoms with Crippen molar-refractivity contribution >= 4 is 11.8 Å².